The monoisotopic (exact) mass is 294 g/mol. The van der Waals surface area contributed by atoms with Crippen molar-refractivity contribution in [1.29, 1.82) is 0 Å². The number of aromatic nitrogens is 3. The lowest BCUT2D eigenvalue weighted by atomic mass is 10.2. The Balaban J connectivity index is 2.06. The van der Waals surface area contributed by atoms with E-state index in [9.17, 15) is 0 Å². The van der Waals surface area contributed by atoms with Gasteiger partial charge in [0, 0.05) is 18.8 Å². The summed E-state index contributed by atoms with van der Waals surface area (Å²) in [4.78, 5) is 4.52. The highest BCUT2D eigenvalue weighted by atomic mass is 32.2. The van der Waals surface area contributed by atoms with E-state index in [1.165, 1.54) is 11.1 Å². The molecule has 0 fully saturated rings. The zero-order valence-electron chi connectivity index (χ0n) is 11.6. The number of rotatable bonds is 5. The Labute approximate surface area is 122 Å². The van der Waals surface area contributed by atoms with Crippen LogP contribution in [0.5, 0.6) is 0 Å². The lowest BCUT2D eigenvalue weighted by molar-refractivity contribution is 0.587. The van der Waals surface area contributed by atoms with E-state index in [-0.39, 0.29) is 0 Å². The SMILES string of the molecule is Cc1nnc(Sc2ncc(CNC(C)C)cc2C)s1. The summed E-state index contributed by atoms with van der Waals surface area (Å²) >= 11 is 3.18. The van der Waals surface area contributed by atoms with Crippen molar-refractivity contribution >= 4 is 23.1 Å². The quantitative estimate of drug-likeness (QED) is 0.917. The van der Waals surface area contributed by atoms with Gasteiger partial charge in [-0.2, -0.15) is 0 Å². The van der Waals surface area contributed by atoms with Crippen LogP contribution in [0.3, 0.4) is 0 Å². The lowest BCUT2D eigenvalue weighted by Crippen LogP contribution is -2.21. The molecule has 0 bridgehead atoms. The van der Waals surface area contributed by atoms with Crippen LogP contribution < -0.4 is 5.32 Å². The van der Waals surface area contributed by atoms with Gasteiger partial charge in [-0.25, -0.2) is 4.98 Å². The molecule has 4 nitrogen and oxygen atoms in total. The molecule has 0 saturated carbocycles. The Morgan fingerprint density at radius 2 is 2.11 bits per heavy atom. The Kier molecular flexibility index (Phi) is 4.90. The number of nitrogens with one attached hydrogen (secondary N) is 1. The van der Waals surface area contributed by atoms with Gasteiger partial charge >= 0.3 is 0 Å². The molecule has 0 atom stereocenters. The largest absolute Gasteiger partial charge is 0.310 e. The van der Waals surface area contributed by atoms with Crippen molar-refractivity contribution in [2.24, 2.45) is 0 Å². The predicted molar refractivity (Wildman–Crippen MR) is 79.7 cm³/mol. The molecule has 19 heavy (non-hydrogen) atoms. The summed E-state index contributed by atoms with van der Waals surface area (Å²) in [6.07, 6.45) is 1.93. The maximum Gasteiger partial charge on any atom is 0.180 e. The van der Waals surface area contributed by atoms with Gasteiger partial charge in [-0.3, -0.25) is 0 Å². The van der Waals surface area contributed by atoms with Crippen LogP contribution in [0.25, 0.3) is 0 Å². The number of hydrogen-bond donors (Lipinski definition) is 1. The van der Waals surface area contributed by atoms with Crippen molar-refractivity contribution < 1.29 is 0 Å². The van der Waals surface area contributed by atoms with Gasteiger partial charge in [-0.15, -0.1) is 10.2 Å². The van der Waals surface area contributed by atoms with Gasteiger partial charge in [0.1, 0.15) is 10.0 Å². The second-order valence-electron chi connectivity index (χ2n) is 4.69. The summed E-state index contributed by atoms with van der Waals surface area (Å²) in [6.45, 7) is 9.18. The third-order valence-corrected chi connectivity index (χ3v) is 4.50. The van der Waals surface area contributed by atoms with Crippen LogP contribution in [-0.4, -0.2) is 21.2 Å². The zero-order chi connectivity index (χ0) is 13.8. The van der Waals surface area contributed by atoms with Gasteiger partial charge in [0.15, 0.2) is 4.34 Å². The summed E-state index contributed by atoms with van der Waals surface area (Å²) in [6, 6.07) is 2.66. The molecular formula is C13H18N4S2. The van der Waals surface area contributed by atoms with Gasteiger partial charge < -0.3 is 5.32 Å². The summed E-state index contributed by atoms with van der Waals surface area (Å²) < 4.78 is 0.946. The number of pyridine rings is 1. The smallest absolute Gasteiger partial charge is 0.180 e. The summed E-state index contributed by atoms with van der Waals surface area (Å²) in [5.74, 6) is 0. The highest BCUT2D eigenvalue weighted by Crippen LogP contribution is 2.30. The molecule has 0 aromatic carbocycles. The fourth-order valence-electron chi connectivity index (χ4n) is 1.55. The first-order chi connectivity index (χ1) is 9.04. The van der Waals surface area contributed by atoms with Crippen molar-refractivity contribution in [3.63, 3.8) is 0 Å². The first-order valence-electron chi connectivity index (χ1n) is 6.21. The van der Waals surface area contributed by atoms with E-state index in [1.54, 1.807) is 23.1 Å². The van der Waals surface area contributed by atoms with Crippen LogP contribution in [0.15, 0.2) is 21.6 Å². The minimum Gasteiger partial charge on any atom is -0.310 e. The van der Waals surface area contributed by atoms with Gasteiger partial charge in [-0.05, 0) is 36.7 Å². The van der Waals surface area contributed by atoms with Crippen LogP contribution in [-0.2, 0) is 6.54 Å². The molecule has 2 aromatic rings. The molecule has 0 amide bonds. The Morgan fingerprint density at radius 1 is 1.32 bits per heavy atom. The molecule has 2 aromatic heterocycles. The Hall–Kier alpha value is -0.980. The normalized spacial score (nSPS) is 11.2. The first kappa shape index (κ1) is 14.4. The van der Waals surface area contributed by atoms with E-state index in [0.717, 1.165) is 20.9 Å². The van der Waals surface area contributed by atoms with E-state index in [2.05, 4.69) is 47.3 Å². The second-order valence-corrected chi connectivity index (χ2v) is 7.11. The van der Waals surface area contributed by atoms with Crippen molar-refractivity contribution in [2.75, 3.05) is 0 Å². The zero-order valence-corrected chi connectivity index (χ0v) is 13.2. The van der Waals surface area contributed by atoms with Crippen LogP contribution in [0.1, 0.15) is 30.0 Å². The number of aryl methyl sites for hydroxylation is 2. The Morgan fingerprint density at radius 3 is 2.68 bits per heavy atom. The van der Waals surface area contributed by atoms with Gasteiger partial charge in [0.2, 0.25) is 0 Å². The van der Waals surface area contributed by atoms with E-state index in [0.29, 0.717) is 6.04 Å². The summed E-state index contributed by atoms with van der Waals surface area (Å²) in [5, 5.41) is 13.5. The summed E-state index contributed by atoms with van der Waals surface area (Å²) in [5.41, 5.74) is 2.39. The van der Waals surface area contributed by atoms with E-state index >= 15 is 0 Å². The summed E-state index contributed by atoms with van der Waals surface area (Å²) in [7, 11) is 0. The van der Waals surface area contributed by atoms with Crippen LogP contribution in [0, 0.1) is 13.8 Å². The van der Waals surface area contributed by atoms with Crippen LogP contribution >= 0.6 is 23.1 Å². The molecule has 102 valence electrons. The number of nitrogens with zero attached hydrogens (tertiary/aromatic N) is 3. The molecular weight excluding hydrogens is 276 g/mol. The fourth-order valence-corrected chi connectivity index (χ4v) is 3.30. The molecule has 0 saturated heterocycles. The van der Waals surface area contributed by atoms with Crippen molar-refractivity contribution in [3.8, 4) is 0 Å². The fraction of sp³-hybridized carbons (Fsp3) is 0.462. The van der Waals surface area contributed by atoms with Crippen LogP contribution in [0.4, 0.5) is 0 Å². The topological polar surface area (TPSA) is 50.7 Å². The molecule has 0 aliphatic carbocycles. The third kappa shape index (κ3) is 4.26. The number of hydrogen-bond acceptors (Lipinski definition) is 6. The third-order valence-electron chi connectivity index (χ3n) is 2.49. The maximum atomic E-state index is 4.52. The van der Waals surface area contributed by atoms with Crippen LogP contribution in [0.2, 0.25) is 0 Å². The van der Waals surface area contributed by atoms with Gasteiger partial charge in [-0.1, -0.05) is 31.3 Å². The Bertz CT molecular complexity index is 551. The minimum absolute atomic E-state index is 0.485. The average Bonchev–Trinajstić information content (AvgIpc) is 2.75. The molecule has 2 rings (SSSR count). The molecule has 0 spiro atoms. The molecule has 2 heterocycles. The maximum absolute atomic E-state index is 4.52. The minimum atomic E-state index is 0.485. The molecule has 1 N–H and O–H groups in total. The molecule has 0 aliphatic rings. The van der Waals surface area contributed by atoms with Gasteiger partial charge in [0.25, 0.3) is 0 Å². The lowest BCUT2D eigenvalue weighted by Gasteiger charge is -2.09. The second kappa shape index (κ2) is 6.45. The standard InChI is InChI=1S/C13H18N4S2/c1-8(2)14-6-11-5-9(3)12(15-7-11)19-13-17-16-10(4)18-13/h5,7-8,14H,6H2,1-4H3. The molecule has 0 radical (unpaired) electrons. The van der Waals surface area contributed by atoms with E-state index in [4.69, 9.17) is 0 Å². The predicted octanol–water partition coefficient (Wildman–Crippen LogP) is 3.20. The van der Waals surface area contributed by atoms with Crippen molar-refractivity contribution in [1.82, 2.24) is 20.5 Å². The molecule has 0 unspecified atom stereocenters. The highest BCUT2D eigenvalue weighted by Gasteiger charge is 2.08. The van der Waals surface area contributed by atoms with E-state index < -0.39 is 0 Å². The van der Waals surface area contributed by atoms with Crippen molar-refractivity contribution in [2.45, 2.75) is 49.6 Å². The van der Waals surface area contributed by atoms with Gasteiger partial charge in [0.05, 0.1) is 0 Å². The first-order valence-corrected chi connectivity index (χ1v) is 7.85. The van der Waals surface area contributed by atoms with Crippen molar-refractivity contribution in [3.05, 3.63) is 28.4 Å². The molecule has 0 aliphatic heterocycles. The average molecular weight is 294 g/mol. The highest BCUT2D eigenvalue weighted by molar-refractivity contribution is 8.01. The molecule has 6 heteroatoms. The van der Waals surface area contributed by atoms with E-state index in [1.807, 2.05) is 13.1 Å².